The molecule has 0 atom stereocenters. The Labute approximate surface area is 191 Å². The van der Waals surface area contributed by atoms with Crippen LogP contribution in [0.2, 0.25) is 5.02 Å². The summed E-state index contributed by atoms with van der Waals surface area (Å²) in [4.78, 5) is 12.0. The zero-order chi connectivity index (χ0) is 22.3. The Kier molecular flexibility index (Phi) is 6.68. The van der Waals surface area contributed by atoms with Gasteiger partial charge in [0.25, 0.3) is 5.91 Å². The van der Waals surface area contributed by atoms with Gasteiger partial charge in [0.05, 0.1) is 6.21 Å². The third-order valence-corrected chi connectivity index (χ3v) is 5.20. The summed E-state index contributed by atoms with van der Waals surface area (Å²) in [6, 6.07) is 26.9. The fourth-order valence-electron chi connectivity index (χ4n) is 3.05. The van der Waals surface area contributed by atoms with Gasteiger partial charge in [-0.25, -0.2) is 5.43 Å². The van der Waals surface area contributed by atoms with Crippen LogP contribution in [0.4, 0.5) is 0 Å². The first-order valence-corrected chi connectivity index (χ1v) is 10.4. The van der Waals surface area contributed by atoms with Crippen molar-refractivity contribution < 1.29 is 13.9 Å². The number of hydrogen-bond acceptors (Lipinski definition) is 4. The van der Waals surface area contributed by atoms with Crippen LogP contribution in [0, 0.1) is 6.92 Å². The number of rotatable bonds is 7. The van der Waals surface area contributed by atoms with Gasteiger partial charge in [0, 0.05) is 10.6 Å². The number of aryl methyl sites for hydroxylation is 1. The molecule has 4 rings (SSSR count). The maximum Gasteiger partial charge on any atom is 0.277 e. The van der Waals surface area contributed by atoms with Crippen molar-refractivity contribution in [3.63, 3.8) is 0 Å². The van der Waals surface area contributed by atoms with Gasteiger partial charge >= 0.3 is 0 Å². The van der Waals surface area contributed by atoms with Gasteiger partial charge in [0.1, 0.15) is 17.3 Å². The van der Waals surface area contributed by atoms with Crippen LogP contribution < -0.4 is 10.2 Å². The SMILES string of the molecule is Cc1ccc(-c2ccc(C=NNC(=O)COc3ccc(-c4ccccc4)cc3)o2)cc1Cl. The van der Waals surface area contributed by atoms with Gasteiger partial charge in [-0.3, -0.25) is 4.79 Å². The van der Waals surface area contributed by atoms with Crippen LogP contribution in [0.1, 0.15) is 11.3 Å². The summed E-state index contributed by atoms with van der Waals surface area (Å²) in [5, 5.41) is 4.60. The molecule has 1 N–H and O–H groups in total. The predicted octanol–water partition coefficient (Wildman–Crippen LogP) is 6.10. The zero-order valence-corrected chi connectivity index (χ0v) is 18.2. The lowest BCUT2D eigenvalue weighted by atomic mass is 10.1. The molecule has 0 aliphatic heterocycles. The van der Waals surface area contributed by atoms with Crippen LogP contribution in [0.3, 0.4) is 0 Å². The Morgan fingerprint density at radius 3 is 2.44 bits per heavy atom. The fourth-order valence-corrected chi connectivity index (χ4v) is 3.23. The lowest BCUT2D eigenvalue weighted by molar-refractivity contribution is -0.123. The van der Waals surface area contributed by atoms with Crippen molar-refractivity contribution in [2.45, 2.75) is 6.92 Å². The lowest BCUT2D eigenvalue weighted by Gasteiger charge is -2.06. The summed E-state index contributed by atoms with van der Waals surface area (Å²) < 4.78 is 11.3. The fraction of sp³-hybridized carbons (Fsp3) is 0.0769. The third-order valence-electron chi connectivity index (χ3n) is 4.80. The van der Waals surface area contributed by atoms with Gasteiger partial charge in [0.15, 0.2) is 6.61 Å². The van der Waals surface area contributed by atoms with Crippen LogP contribution in [0.15, 0.2) is 94.4 Å². The molecule has 0 aliphatic carbocycles. The summed E-state index contributed by atoms with van der Waals surface area (Å²) in [7, 11) is 0. The molecule has 32 heavy (non-hydrogen) atoms. The molecule has 0 saturated carbocycles. The topological polar surface area (TPSA) is 63.8 Å². The Hall–Kier alpha value is -3.83. The van der Waals surface area contributed by atoms with Crippen molar-refractivity contribution in [2.75, 3.05) is 6.61 Å². The van der Waals surface area contributed by atoms with E-state index in [4.69, 9.17) is 20.8 Å². The normalized spacial score (nSPS) is 10.9. The molecule has 1 amide bonds. The number of carbonyl (C=O) groups is 1. The summed E-state index contributed by atoms with van der Waals surface area (Å²) in [5.74, 6) is 1.41. The monoisotopic (exact) mass is 444 g/mol. The number of benzene rings is 3. The standard InChI is InChI=1S/C26H21ClN2O3/c1-18-7-8-21(15-24(18)27)25-14-13-23(32-25)16-28-29-26(30)17-31-22-11-9-20(10-12-22)19-5-3-2-4-6-19/h2-16H,17H2,1H3,(H,29,30). The molecule has 0 spiro atoms. The maximum absolute atomic E-state index is 12.0. The molecule has 0 radical (unpaired) electrons. The van der Waals surface area contributed by atoms with E-state index in [0.29, 0.717) is 22.3 Å². The molecule has 4 aromatic rings. The molecule has 6 heteroatoms. The molecule has 5 nitrogen and oxygen atoms in total. The van der Waals surface area contributed by atoms with Crippen molar-refractivity contribution >= 4 is 23.7 Å². The van der Waals surface area contributed by atoms with Crippen molar-refractivity contribution in [1.82, 2.24) is 5.43 Å². The largest absolute Gasteiger partial charge is 0.484 e. The van der Waals surface area contributed by atoms with Crippen molar-refractivity contribution in [1.29, 1.82) is 0 Å². The Balaban J connectivity index is 1.27. The van der Waals surface area contributed by atoms with Crippen LogP contribution in [0.25, 0.3) is 22.5 Å². The highest BCUT2D eigenvalue weighted by atomic mass is 35.5. The minimum atomic E-state index is -0.370. The first-order valence-electron chi connectivity index (χ1n) is 10.0. The Bertz CT molecular complexity index is 1230. The van der Waals surface area contributed by atoms with Crippen LogP contribution >= 0.6 is 11.6 Å². The van der Waals surface area contributed by atoms with Gasteiger partial charge in [0.2, 0.25) is 0 Å². The molecule has 0 aliphatic rings. The van der Waals surface area contributed by atoms with Crippen molar-refractivity contribution in [2.24, 2.45) is 5.10 Å². The smallest absolute Gasteiger partial charge is 0.277 e. The third kappa shape index (κ3) is 5.45. The van der Waals surface area contributed by atoms with Gasteiger partial charge in [-0.05, 0) is 53.9 Å². The average Bonchev–Trinajstić information content (AvgIpc) is 3.29. The number of nitrogens with one attached hydrogen (secondary N) is 1. The van der Waals surface area contributed by atoms with Crippen molar-refractivity contribution in [3.05, 3.63) is 101 Å². The average molecular weight is 445 g/mol. The van der Waals surface area contributed by atoms with E-state index in [9.17, 15) is 4.79 Å². The van der Waals surface area contributed by atoms with Gasteiger partial charge < -0.3 is 9.15 Å². The second kappa shape index (κ2) is 9.98. The number of ether oxygens (including phenoxy) is 1. The zero-order valence-electron chi connectivity index (χ0n) is 17.4. The second-order valence-corrected chi connectivity index (χ2v) is 7.55. The summed E-state index contributed by atoms with van der Waals surface area (Å²) in [6.45, 7) is 1.80. The van der Waals surface area contributed by atoms with E-state index in [1.165, 1.54) is 6.21 Å². The van der Waals surface area contributed by atoms with E-state index in [2.05, 4.69) is 10.5 Å². The van der Waals surface area contributed by atoms with Gasteiger partial charge in [-0.15, -0.1) is 0 Å². The maximum atomic E-state index is 12.0. The molecule has 0 unspecified atom stereocenters. The van der Waals surface area contributed by atoms with E-state index in [1.807, 2.05) is 85.8 Å². The van der Waals surface area contributed by atoms with Crippen LogP contribution in [-0.4, -0.2) is 18.7 Å². The minimum absolute atomic E-state index is 0.146. The molecule has 160 valence electrons. The van der Waals surface area contributed by atoms with Gasteiger partial charge in [-0.1, -0.05) is 66.2 Å². The highest BCUT2D eigenvalue weighted by Crippen LogP contribution is 2.26. The number of furan rings is 1. The molecular formula is C26H21ClN2O3. The number of amides is 1. The summed E-state index contributed by atoms with van der Waals surface area (Å²) in [5.41, 5.74) is 6.50. The number of hydrogen-bond donors (Lipinski definition) is 1. The van der Waals surface area contributed by atoms with E-state index >= 15 is 0 Å². The number of nitrogens with zero attached hydrogens (tertiary/aromatic N) is 1. The van der Waals surface area contributed by atoms with Gasteiger partial charge in [-0.2, -0.15) is 5.10 Å². The molecule has 3 aromatic carbocycles. The van der Waals surface area contributed by atoms with Crippen molar-refractivity contribution in [3.8, 4) is 28.2 Å². The molecule has 0 saturated heterocycles. The molecular weight excluding hydrogens is 424 g/mol. The van der Waals surface area contributed by atoms with Crippen LogP contribution in [0.5, 0.6) is 5.75 Å². The van der Waals surface area contributed by atoms with E-state index in [0.717, 1.165) is 22.3 Å². The van der Waals surface area contributed by atoms with E-state index in [-0.39, 0.29) is 12.5 Å². The number of carbonyl (C=O) groups excluding carboxylic acids is 1. The second-order valence-electron chi connectivity index (χ2n) is 7.14. The van der Waals surface area contributed by atoms with E-state index < -0.39 is 0 Å². The van der Waals surface area contributed by atoms with E-state index in [1.54, 1.807) is 6.07 Å². The Morgan fingerprint density at radius 1 is 0.969 bits per heavy atom. The number of halogens is 1. The van der Waals surface area contributed by atoms with Crippen LogP contribution in [-0.2, 0) is 4.79 Å². The molecule has 0 fully saturated rings. The highest BCUT2D eigenvalue weighted by molar-refractivity contribution is 6.31. The molecule has 0 bridgehead atoms. The molecule has 1 aromatic heterocycles. The number of hydrazone groups is 1. The highest BCUT2D eigenvalue weighted by Gasteiger charge is 2.06. The quantitative estimate of drug-likeness (QED) is 0.276. The summed E-state index contributed by atoms with van der Waals surface area (Å²) >= 11 is 6.17. The molecule has 1 heterocycles. The first-order chi connectivity index (χ1) is 15.6. The lowest BCUT2D eigenvalue weighted by Crippen LogP contribution is -2.24. The Morgan fingerprint density at radius 2 is 1.69 bits per heavy atom. The summed E-state index contributed by atoms with van der Waals surface area (Å²) in [6.07, 6.45) is 1.44. The minimum Gasteiger partial charge on any atom is -0.484 e. The predicted molar refractivity (Wildman–Crippen MR) is 127 cm³/mol. The first kappa shape index (κ1) is 21.4.